The Morgan fingerprint density at radius 3 is 1.52 bits per heavy atom. The fourth-order valence-corrected chi connectivity index (χ4v) is 5.92. The second-order valence-electron chi connectivity index (χ2n) is 15.4. The number of quaternary nitrogens is 1. The molecule has 0 saturated heterocycles. The first-order valence-corrected chi connectivity index (χ1v) is 21.4. The third-order valence-corrected chi connectivity index (χ3v) is 9.27. The van der Waals surface area contributed by atoms with Crippen molar-refractivity contribution in [2.45, 2.75) is 174 Å². The van der Waals surface area contributed by atoms with Crippen LogP contribution >= 0.6 is 0 Å². The van der Waals surface area contributed by atoms with E-state index < -0.39 is 18.1 Å². The van der Waals surface area contributed by atoms with Gasteiger partial charge in [0, 0.05) is 19.3 Å². The van der Waals surface area contributed by atoms with Crippen LogP contribution in [0.1, 0.15) is 162 Å². The first-order chi connectivity index (χ1) is 26.1. The highest BCUT2D eigenvalue weighted by Crippen LogP contribution is 2.14. The molecule has 2 atom stereocenters. The molecule has 0 aromatic carbocycles. The van der Waals surface area contributed by atoms with E-state index >= 15 is 0 Å². The van der Waals surface area contributed by atoms with Crippen LogP contribution in [0.5, 0.6) is 0 Å². The predicted octanol–water partition coefficient (Wildman–Crippen LogP) is 10.1. The molecule has 0 bridgehead atoms. The molecule has 310 valence electrons. The highest BCUT2D eigenvalue weighted by atomic mass is 16.6. The number of hydrogen-bond acceptors (Lipinski definition) is 7. The van der Waals surface area contributed by atoms with Crippen LogP contribution in [-0.4, -0.2) is 75.5 Å². The van der Waals surface area contributed by atoms with Gasteiger partial charge in [-0.05, 0) is 32.1 Å². The van der Waals surface area contributed by atoms with Crippen molar-refractivity contribution in [3.63, 3.8) is 0 Å². The molecule has 0 radical (unpaired) electrons. The molecule has 0 aliphatic heterocycles. The van der Waals surface area contributed by atoms with Crippen molar-refractivity contribution in [2.24, 2.45) is 0 Å². The smallest absolute Gasteiger partial charge is 0.306 e. The van der Waals surface area contributed by atoms with Gasteiger partial charge < -0.3 is 28.6 Å². The maximum Gasteiger partial charge on any atom is 0.306 e. The van der Waals surface area contributed by atoms with Crippen molar-refractivity contribution in [3.05, 3.63) is 60.8 Å². The van der Waals surface area contributed by atoms with Crippen LogP contribution in [0.4, 0.5) is 0 Å². The number of hydrogen-bond donors (Lipinski definition) is 0. The van der Waals surface area contributed by atoms with Gasteiger partial charge in [-0.3, -0.25) is 9.59 Å². The predicted molar refractivity (Wildman–Crippen MR) is 222 cm³/mol. The Bertz CT molecular complexity index is 1070. The molecule has 2 unspecified atom stereocenters. The summed E-state index contributed by atoms with van der Waals surface area (Å²) >= 11 is 0. The van der Waals surface area contributed by atoms with Crippen molar-refractivity contribution in [1.29, 1.82) is 0 Å². The van der Waals surface area contributed by atoms with Crippen molar-refractivity contribution >= 4 is 17.9 Å². The van der Waals surface area contributed by atoms with Gasteiger partial charge in [0.05, 0.1) is 40.3 Å². The fourth-order valence-electron chi connectivity index (χ4n) is 5.92. The van der Waals surface area contributed by atoms with Gasteiger partial charge in [-0.2, -0.15) is 0 Å². The molecular formula is C46H79NO7. The van der Waals surface area contributed by atoms with Crippen molar-refractivity contribution in [2.75, 3.05) is 41.0 Å². The summed E-state index contributed by atoms with van der Waals surface area (Å²) in [6.45, 7) is 4.53. The third kappa shape index (κ3) is 34.8. The van der Waals surface area contributed by atoms with Crippen LogP contribution in [0.15, 0.2) is 60.8 Å². The van der Waals surface area contributed by atoms with E-state index in [4.69, 9.17) is 14.2 Å². The maximum absolute atomic E-state index is 12.7. The number of unbranched alkanes of at least 4 members (excludes halogenated alkanes) is 17. The number of nitrogens with zero attached hydrogens (tertiary/aromatic N) is 1. The van der Waals surface area contributed by atoms with Crippen LogP contribution in [0.25, 0.3) is 0 Å². The molecule has 0 aromatic rings. The zero-order chi connectivity index (χ0) is 40.0. The molecule has 0 amide bonds. The zero-order valence-electron chi connectivity index (χ0n) is 35.1. The van der Waals surface area contributed by atoms with Gasteiger partial charge in [-0.15, -0.1) is 0 Å². The Balaban J connectivity index is 4.43. The lowest BCUT2D eigenvalue weighted by molar-refractivity contribution is -0.889. The molecule has 0 fully saturated rings. The van der Waals surface area contributed by atoms with Gasteiger partial charge in [0.15, 0.2) is 6.10 Å². The molecular weight excluding hydrogens is 679 g/mol. The number of allylic oxidation sites excluding steroid dienone is 10. The van der Waals surface area contributed by atoms with Crippen LogP contribution in [0.3, 0.4) is 0 Å². The van der Waals surface area contributed by atoms with Crippen molar-refractivity contribution in [3.8, 4) is 0 Å². The number of esters is 2. The lowest BCUT2D eigenvalue weighted by Gasteiger charge is -2.34. The van der Waals surface area contributed by atoms with E-state index in [1.807, 2.05) is 36.5 Å². The largest absolute Gasteiger partial charge is 0.544 e. The minimum absolute atomic E-state index is 0.0291. The fraction of sp³-hybridized carbons (Fsp3) is 0.717. The molecule has 0 heterocycles. The Morgan fingerprint density at radius 1 is 0.556 bits per heavy atom. The molecule has 0 aliphatic rings. The summed E-state index contributed by atoms with van der Waals surface area (Å²) in [6, 6.07) is -0.731. The molecule has 8 heteroatoms. The van der Waals surface area contributed by atoms with Gasteiger partial charge in [-0.1, -0.05) is 171 Å². The molecule has 0 aromatic heterocycles. The van der Waals surface area contributed by atoms with Crippen molar-refractivity contribution in [1.82, 2.24) is 0 Å². The van der Waals surface area contributed by atoms with Crippen LogP contribution in [0.2, 0.25) is 0 Å². The summed E-state index contributed by atoms with van der Waals surface area (Å²) in [4.78, 5) is 36.8. The monoisotopic (exact) mass is 758 g/mol. The van der Waals surface area contributed by atoms with Crippen LogP contribution in [0, 0.1) is 0 Å². The van der Waals surface area contributed by atoms with E-state index in [0.29, 0.717) is 12.8 Å². The topological polar surface area (TPSA) is 102 Å². The molecule has 54 heavy (non-hydrogen) atoms. The zero-order valence-corrected chi connectivity index (χ0v) is 35.1. The van der Waals surface area contributed by atoms with E-state index in [-0.39, 0.29) is 42.7 Å². The molecule has 0 saturated carbocycles. The van der Waals surface area contributed by atoms with Crippen molar-refractivity contribution < 1.29 is 38.2 Å². The second kappa shape index (κ2) is 37.0. The number of likely N-dealkylation sites (N-methyl/N-ethyl adjacent to an activating group) is 1. The van der Waals surface area contributed by atoms with Crippen LogP contribution in [-0.2, 0) is 28.6 Å². The maximum atomic E-state index is 12.7. The van der Waals surface area contributed by atoms with Gasteiger partial charge in [-0.25, -0.2) is 0 Å². The highest BCUT2D eigenvalue weighted by molar-refractivity contribution is 5.70. The van der Waals surface area contributed by atoms with Gasteiger partial charge >= 0.3 is 11.9 Å². The number of ether oxygens (including phenoxy) is 3. The minimum atomic E-state index is -1.13. The van der Waals surface area contributed by atoms with E-state index in [2.05, 4.69) is 38.2 Å². The van der Waals surface area contributed by atoms with E-state index in [0.717, 1.165) is 64.2 Å². The second-order valence-corrected chi connectivity index (χ2v) is 15.4. The highest BCUT2D eigenvalue weighted by Gasteiger charge is 2.25. The van der Waals surface area contributed by atoms with E-state index in [1.165, 1.54) is 64.2 Å². The number of aliphatic carboxylic acids is 1. The van der Waals surface area contributed by atoms with E-state index in [1.54, 1.807) is 21.1 Å². The lowest BCUT2D eigenvalue weighted by atomic mass is 10.0. The Morgan fingerprint density at radius 2 is 1.02 bits per heavy atom. The summed E-state index contributed by atoms with van der Waals surface area (Å²) < 4.78 is 17.1. The summed E-state index contributed by atoms with van der Waals surface area (Å²) in [5.41, 5.74) is 0. The molecule has 0 spiro atoms. The molecule has 0 N–H and O–H groups in total. The third-order valence-electron chi connectivity index (χ3n) is 9.27. The number of carbonyl (C=O) groups is 3. The molecule has 8 nitrogen and oxygen atoms in total. The van der Waals surface area contributed by atoms with Gasteiger partial charge in [0.25, 0.3) is 0 Å². The first kappa shape index (κ1) is 51.0. The lowest BCUT2D eigenvalue weighted by Crippen LogP contribution is -2.55. The number of carboxylic acids is 1. The normalized spacial score (nSPS) is 13.6. The minimum Gasteiger partial charge on any atom is -0.544 e. The molecule has 0 aliphatic carbocycles. The van der Waals surface area contributed by atoms with Gasteiger partial charge in [0.1, 0.15) is 12.6 Å². The Kier molecular flexibility index (Phi) is 34.9. The quantitative estimate of drug-likeness (QED) is 0.0269. The van der Waals surface area contributed by atoms with Crippen LogP contribution < -0.4 is 5.11 Å². The number of carboxylic acid groups (broad SMARTS) is 1. The standard InChI is InChI=1S/C46H79NO7/c1-6-8-10-12-14-16-18-20-21-22-23-24-25-27-29-31-33-35-37-45(49)54-42(40-52-39-38-43(46(50)51)47(3,4)5)41-53-44(48)36-34-32-30-28-26-19-17-15-13-11-9-7-2/h10,12,14,16,18,20-24,42-43H,6-9,11,13,15,17,19,25-41H2,1-5H3/b12-10+,16-14+,20-18+,22-21+,24-23+. The summed E-state index contributed by atoms with van der Waals surface area (Å²) in [7, 11) is 5.39. The average molecular weight is 758 g/mol. The Labute approximate surface area is 330 Å². The number of rotatable bonds is 37. The van der Waals surface area contributed by atoms with E-state index in [9.17, 15) is 19.5 Å². The van der Waals surface area contributed by atoms with Gasteiger partial charge in [0.2, 0.25) is 0 Å². The first-order valence-electron chi connectivity index (χ1n) is 21.4. The number of carbonyl (C=O) groups excluding carboxylic acids is 3. The average Bonchev–Trinajstić information content (AvgIpc) is 3.12. The molecule has 0 rings (SSSR count). The Hall–Kier alpha value is -2.97. The SMILES string of the molecule is CCC/C=C/C=C/C=C/C=C/C=C/CCCCCCCC(=O)OC(COCCC(C(=O)[O-])[N+](C)(C)C)COC(=O)CCCCCCCCCCCCCC. The summed E-state index contributed by atoms with van der Waals surface area (Å²) in [5.74, 6) is -1.77. The summed E-state index contributed by atoms with van der Waals surface area (Å²) in [6.07, 6.45) is 43.7. The summed E-state index contributed by atoms with van der Waals surface area (Å²) in [5, 5.41) is 11.6.